The fourth-order valence-electron chi connectivity index (χ4n) is 2.64. The van der Waals surface area contributed by atoms with E-state index in [2.05, 4.69) is 18.2 Å². The quantitative estimate of drug-likeness (QED) is 0.476. The third-order valence-electron chi connectivity index (χ3n) is 3.66. The highest BCUT2D eigenvalue weighted by Crippen LogP contribution is 2.53. The van der Waals surface area contributed by atoms with E-state index in [1.165, 1.54) is 7.11 Å². The van der Waals surface area contributed by atoms with Gasteiger partial charge in [0.05, 0.1) is 12.7 Å². The van der Waals surface area contributed by atoms with Crippen LogP contribution in [-0.4, -0.2) is 13.1 Å². The van der Waals surface area contributed by atoms with E-state index in [1.54, 1.807) is 6.07 Å². The predicted octanol–water partition coefficient (Wildman–Crippen LogP) is 3.82. The highest BCUT2D eigenvalue weighted by molar-refractivity contribution is 8.00. The van der Waals surface area contributed by atoms with E-state index < -0.39 is 4.08 Å². The van der Waals surface area contributed by atoms with Crippen molar-refractivity contribution in [1.82, 2.24) is 0 Å². The van der Waals surface area contributed by atoms with Crippen LogP contribution in [0, 0.1) is 6.92 Å². The number of benzene rings is 2. The van der Waals surface area contributed by atoms with E-state index in [0.29, 0.717) is 5.56 Å². The summed E-state index contributed by atoms with van der Waals surface area (Å²) in [5.74, 6) is -0.336. The van der Waals surface area contributed by atoms with Crippen molar-refractivity contribution in [2.75, 3.05) is 7.11 Å². The van der Waals surface area contributed by atoms with Gasteiger partial charge < -0.3 is 4.74 Å². The maximum absolute atomic E-state index is 11.7. The molecule has 2 aromatic carbocycles. The average molecular weight is 302 g/mol. The lowest BCUT2D eigenvalue weighted by Gasteiger charge is -2.19. The van der Waals surface area contributed by atoms with Gasteiger partial charge in [0.2, 0.25) is 0 Å². The van der Waals surface area contributed by atoms with E-state index in [1.807, 2.05) is 19.1 Å². The first-order valence-electron chi connectivity index (χ1n) is 6.24. The van der Waals surface area contributed by atoms with Crippen LogP contribution in [-0.2, 0) is 8.82 Å². The molecule has 0 saturated heterocycles. The van der Waals surface area contributed by atoms with Gasteiger partial charge in [0.25, 0.3) is 0 Å². The summed E-state index contributed by atoms with van der Waals surface area (Å²) >= 11 is 9.42. The number of carbonyl (C=O) groups excluding carboxylic acids is 1. The van der Waals surface area contributed by atoms with Crippen LogP contribution in [0.3, 0.4) is 0 Å². The standard InChI is InChI=1S/C16H14O2S2/c1-9-3-5-11-12-8-10(15(17)18-2)4-6-13(12)16(19,20)14(11)7-9/h3-8,19-20H,1-2H3. The Hall–Kier alpha value is -1.39. The van der Waals surface area contributed by atoms with Crippen molar-refractivity contribution in [3.63, 3.8) is 0 Å². The molecule has 102 valence electrons. The fourth-order valence-corrected chi connectivity index (χ4v) is 3.40. The first kappa shape index (κ1) is 13.6. The lowest BCUT2D eigenvalue weighted by molar-refractivity contribution is 0.0601. The number of methoxy groups -OCH3 is 1. The number of aryl methyl sites for hydroxylation is 1. The second-order valence-electron chi connectivity index (χ2n) is 4.97. The first-order valence-corrected chi connectivity index (χ1v) is 7.13. The van der Waals surface area contributed by atoms with E-state index in [9.17, 15) is 4.79 Å². The van der Waals surface area contributed by atoms with Gasteiger partial charge in [-0.15, -0.1) is 0 Å². The molecular formula is C16H14O2S2. The molecule has 4 heteroatoms. The van der Waals surface area contributed by atoms with Gasteiger partial charge in [-0.05, 0) is 41.3 Å². The minimum absolute atomic E-state index is 0.336. The molecule has 0 N–H and O–H groups in total. The van der Waals surface area contributed by atoms with Crippen LogP contribution in [0.25, 0.3) is 11.1 Å². The molecule has 0 saturated carbocycles. The van der Waals surface area contributed by atoms with E-state index in [0.717, 1.165) is 27.8 Å². The molecule has 0 atom stereocenters. The maximum atomic E-state index is 11.7. The SMILES string of the molecule is COC(=O)c1ccc2c(c1)-c1ccc(C)cc1C2(S)S. The van der Waals surface area contributed by atoms with Crippen molar-refractivity contribution >= 4 is 31.2 Å². The van der Waals surface area contributed by atoms with Gasteiger partial charge in [-0.3, -0.25) is 0 Å². The Morgan fingerprint density at radius 3 is 2.50 bits per heavy atom. The molecule has 0 fully saturated rings. The zero-order valence-corrected chi connectivity index (χ0v) is 13.0. The summed E-state index contributed by atoms with van der Waals surface area (Å²) in [6, 6.07) is 11.7. The highest BCUT2D eigenvalue weighted by atomic mass is 32.2. The Bertz CT molecular complexity index is 720. The number of hydrogen-bond donors (Lipinski definition) is 2. The second-order valence-corrected chi connectivity index (χ2v) is 6.67. The Kier molecular flexibility index (Phi) is 3.10. The van der Waals surface area contributed by atoms with E-state index >= 15 is 0 Å². The van der Waals surface area contributed by atoms with Gasteiger partial charge >= 0.3 is 5.97 Å². The molecule has 0 spiro atoms. The Labute approximate surface area is 129 Å². The molecule has 20 heavy (non-hydrogen) atoms. The molecule has 0 aliphatic heterocycles. The molecule has 0 aromatic heterocycles. The highest BCUT2D eigenvalue weighted by Gasteiger charge is 2.37. The Balaban J connectivity index is 2.26. The monoisotopic (exact) mass is 302 g/mol. The van der Waals surface area contributed by atoms with Crippen LogP contribution < -0.4 is 0 Å². The number of ether oxygens (including phenoxy) is 1. The van der Waals surface area contributed by atoms with Gasteiger partial charge in [-0.1, -0.05) is 29.8 Å². The zero-order chi connectivity index (χ0) is 14.5. The molecule has 0 heterocycles. The van der Waals surface area contributed by atoms with Crippen LogP contribution >= 0.6 is 25.3 Å². The molecule has 1 aliphatic carbocycles. The third-order valence-corrected chi connectivity index (χ3v) is 4.62. The summed E-state index contributed by atoms with van der Waals surface area (Å²) in [7, 11) is 1.38. The van der Waals surface area contributed by atoms with Crippen LogP contribution in [0.15, 0.2) is 36.4 Å². The van der Waals surface area contributed by atoms with Crippen molar-refractivity contribution in [2.45, 2.75) is 11.0 Å². The number of esters is 1. The minimum atomic E-state index is -0.634. The van der Waals surface area contributed by atoms with E-state index in [4.69, 9.17) is 30.0 Å². The molecule has 0 amide bonds. The molecule has 1 aliphatic rings. The van der Waals surface area contributed by atoms with Crippen molar-refractivity contribution in [3.05, 3.63) is 58.7 Å². The predicted molar refractivity (Wildman–Crippen MR) is 86.7 cm³/mol. The molecular weight excluding hydrogens is 288 g/mol. The number of hydrogen-bond acceptors (Lipinski definition) is 4. The number of rotatable bonds is 1. The fraction of sp³-hybridized carbons (Fsp3) is 0.188. The normalized spacial score (nSPS) is 14.6. The molecule has 0 unspecified atom stereocenters. The summed E-state index contributed by atoms with van der Waals surface area (Å²) < 4.78 is 4.14. The van der Waals surface area contributed by atoms with Gasteiger partial charge in [-0.25, -0.2) is 4.79 Å². The number of thiol groups is 2. The van der Waals surface area contributed by atoms with E-state index in [-0.39, 0.29) is 5.97 Å². The smallest absolute Gasteiger partial charge is 0.337 e. The summed E-state index contributed by atoms with van der Waals surface area (Å²) in [6.07, 6.45) is 0. The summed E-state index contributed by atoms with van der Waals surface area (Å²) in [6.45, 7) is 2.04. The maximum Gasteiger partial charge on any atom is 0.337 e. The summed E-state index contributed by atoms with van der Waals surface area (Å²) in [5, 5.41) is 0. The van der Waals surface area contributed by atoms with Gasteiger partial charge in [0.1, 0.15) is 4.08 Å². The summed E-state index contributed by atoms with van der Waals surface area (Å²) in [4.78, 5) is 11.7. The molecule has 0 bridgehead atoms. The molecule has 2 nitrogen and oxygen atoms in total. The van der Waals surface area contributed by atoms with Crippen molar-refractivity contribution in [1.29, 1.82) is 0 Å². The van der Waals surface area contributed by atoms with Crippen LogP contribution in [0.4, 0.5) is 0 Å². The topological polar surface area (TPSA) is 26.3 Å². The Morgan fingerprint density at radius 2 is 1.80 bits per heavy atom. The number of fused-ring (bicyclic) bond motifs is 3. The molecule has 2 aromatic rings. The van der Waals surface area contributed by atoms with Gasteiger partial charge in [-0.2, -0.15) is 25.3 Å². The van der Waals surface area contributed by atoms with Crippen LogP contribution in [0.5, 0.6) is 0 Å². The Morgan fingerprint density at radius 1 is 1.05 bits per heavy atom. The first-order chi connectivity index (χ1) is 9.45. The van der Waals surface area contributed by atoms with Crippen molar-refractivity contribution in [2.24, 2.45) is 0 Å². The molecule has 0 radical (unpaired) electrons. The second kappa shape index (κ2) is 4.57. The minimum Gasteiger partial charge on any atom is -0.465 e. The number of carbonyl (C=O) groups is 1. The van der Waals surface area contributed by atoms with Crippen LogP contribution in [0.1, 0.15) is 27.0 Å². The van der Waals surface area contributed by atoms with Gasteiger partial charge in [0.15, 0.2) is 0 Å². The van der Waals surface area contributed by atoms with Gasteiger partial charge in [0, 0.05) is 0 Å². The van der Waals surface area contributed by atoms with Crippen molar-refractivity contribution in [3.8, 4) is 11.1 Å². The summed E-state index contributed by atoms with van der Waals surface area (Å²) in [5.41, 5.74) is 5.82. The van der Waals surface area contributed by atoms with Crippen molar-refractivity contribution < 1.29 is 9.53 Å². The lowest BCUT2D eigenvalue weighted by atomic mass is 10.0. The largest absolute Gasteiger partial charge is 0.465 e. The zero-order valence-electron chi connectivity index (χ0n) is 11.2. The van der Waals surface area contributed by atoms with Crippen LogP contribution in [0.2, 0.25) is 0 Å². The third kappa shape index (κ3) is 1.86. The average Bonchev–Trinajstić information content (AvgIpc) is 2.66. The lowest BCUT2D eigenvalue weighted by Crippen LogP contribution is -2.09. The molecule has 3 rings (SSSR count).